The zero-order valence-electron chi connectivity index (χ0n) is 8.32. The van der Waals surface area contributed by atoms with Crippen molar-refractivity contribution >= 4 is 5.69 Å². The third-order valence-electron chi connectivity index (χ3n) is 2.86. The molecule has 0 aliphatic heterocycles. The molecule has 1 saturated carbocycles. The van der Waals surface area contributed by atoms with E-state index < -0.39 is 0 Å². The van der Waals surface area contributed by atoms with Crippen LogP contribution < -0.4 is 5.32 Å². The van der Waals surface area contributed by atoms with E-state index in [1.54, 1.807) is 0 Å². The van der Waals surface area contributed by atoms with Gasteiger partial charge in [-0.1, -0.05) is 31.0 Å². The maximum absolute atomic E-state index is 9.77. The van der Waals surface area contributed by atoms with Crippen molar-refractivity contribution in [1.29, 1.82) is 0 Å². The number of nitrogens with one attached hydrogen (secondary N) is 1. The molecule has 0 spiro atoms. The van der Waals surface area contributed by atoms with Crippen molar-refractivity contribution in [2.45, 2.75) is 37.8 Å². The van der Waals surface area contributed by atoms with E-state index in [1.807, 2.05) is 30.3 Å². The van der Waals surface area contributed by atoms with Gasteiger partial charge in [-0.3, -0.25) is 0 Å². The van der Waals surface area contributed by atoms with Crippen molar-refractivity contribution in [2.24, 2.45) is 0 Å². The summed E-state index contributed by atoms with van der Waals surface area (Å²) in [5.74, 6) is 0. The molecule has 2 rings (SSSR count). The van der Waals surface area contributed by atoms with E-state index in [9.17, 15) is 5.11 Å². The minimum atomic E-state index is -0.177. The fourth-order valence-electron chi connectivity index (χ4n) is 2.03. The van der Waals surface area contributed by atoms with E-state index in [0.29, 0.717) is 0 Å². The number of hydrogen-bond acceptors (Lipinski definition) is 2. The summed E-state index contributed by atoms with van der Waals surface area (Å²) in [5, 5.41) is 13.1. The van der Waals surface area contributed by atoms with Gasteiger partial charge in [-0.25, -0.2) is 0 Å². The summed E-state index contributed by atoms with van der Waals surface area (Å²) in [6.07, 6.45) is 4.22. The van der Waals surface area contributed by atoms with E-state index in [1.165, 1.54) is 6.42 Å². The lowest BCUT2D eigenvalue weighted by atomic mass is 9.92. The maximum atomic E-state index is 9.77. The molecular formula is C12H17NO. The third kappa shape index (κ3) is 2.26. The van der Waals surface area contributed by atoms with Crippen LogP contribution in [-0.4, -0.2) is 17.3 Å². The predicted molar refractivity (Wildman–Crippen MR) is 58.3 cm³/mol. The molecular weight excluding hydrogens is 174 g/mol. The van der Waals surface area contributed by atoms with Crippen LogP contribution in [0.5, 0.6) is 0 Å². The van der Waals surface area contributed by atoms with Gasteiger partial charge in [0.15, 0.2) is 0 Å². The van der Waals surface area contributed by atoms with Crippen molar-refractivity contribution in [3.63, 3.8) is 0 Å². The van der Waals surface area contributed by atoms with Gasteiger partial charge in [0.05, 0.1) is 12.1 Å². The first-order chi connectivity index (χ1) is 6.86. The molecule has 2 N–H and O–H groups in total. The highest BCUT2D eigenvalue weighted by atomic mass is 16.3. The molecule has 76 valence electrons. The lowest BCUT2D eigenvalue weighted by molar-refractivity contribution is 0.116. The van der Waals surface area contributed by atoms with Crippen molar-refractivity contribution in [1.82, 2.24) is 0 Å². The Kier molecular flexibility index (Phi) is 3.04. The Hall–Kier alpha value is -1.02. The van der Waals surface area contributed by atoms with Crippen LogP contribution in [0.1, 0.15) is 25.7 Å². The summed E-state index contributed by atoms with van der Waals surface area (Å²) in [6, 6.07) is 10.4. The van der Waals surface area contributed by atoms with Crippen LogP contribution in [0.25, 0.3) is 0 Å². The van der Waals surface area contributed by atoms with E-state index in [-0.39, 0.29) is 12.1 Å². The van der Waals surface area contributed by atoms with Crippen molar-refractivity contribution < 1.29 is 5.11 Å². The Morgan fingerprint density at radius 2 is 1.79 bits per heavy atom. The number of rotatable bonds is 2. The van der Waals surface area contributed by atoms with Gasteiger partial charge in [-0.05, 0) is 25.0 Å². The van der Waals surface area contributed by atoms with Gasteiger partial charge in [0.2, 0.25) is 0 Å². The van der Waals surface area contributed by atoms with Gasteiger partial charge in [-0.2, -0.15) is 0 Å². The smallest absolute Gasteiger partial charge is 0.0741 e. The van der Waals surface area contributed by atoms with Crippen molar-refractivity contribution in [3.8, 4) is 0 Å². The topological polar surface area (TPSA) is 32.3 Å². The normalized spacial score (nSPS) is 27.2. The zero-order chi connectivity index (χ0) is 9.80. The largest absolute Gasteiger partial charge is 0.391 e. The molecule has 0 saturated heterocycles. The highest BCUT2D eigenvalue weighted by molar-refractivity contribution is 5.43. The molecule has 0 aromatic heterocycles. The van der Waals surface area contributed by atoms with Crippen LogP contribution >= 0.6 is 0 Å². The summed E-state index contributed by atoms with van der Waals surface area (Å²) >= 11 is 0. The number of anilines is 1. The molecule has 2 atom stereocenters. The Morgan fingerprint density at radius 1 is 1.07 bits per heavy atom. The van der Waals surface area contributed by atoms with Gasteiger partial charge >= 0.3 is 0 Å². The van der Waals surface area contributed by atoms with E-state index in [4.69, 9.17) is 0 Å². The Balaban J connectivity index is 1.96. The van der Waals surface area contributed by atoms with E-state index in [2.05, 4.69) is 5.32 Å². The molecule has 1 aromatic rings. The first kappa shape index (κ1) is 9.53. The standard InChI is InChI=1S/C12H17NO/c14-12-9-5-4-8-11(12)13-10-6-2-1-3-7-10/h1-3,6-7,11-14H,4-5,8-9H2/t11-,12+/m0/s1. The first-order valence-electron chi connectivity index (χ1n) is 5.36. The maximum Gasteiger partial charge on any atom is 0.0741 e. The summed E-state index contributed by atoms with van der Waals surface area (Å²) in [5.41, 5.74) is 1.11. The van der Waals surface area contributed by atoms with Crippen LogP contribution in [0.15, 0.2) is 30.3 Å². The van der Waals surface area contributed by atoms with Crippen molar-refractivity contribution in [2.75, 3.05) is 5.32 Å². The molecule has 2 nitrogen and oxygen atoms in total. The molecule has 1 fully saturated rings. The Labute approximate surface area is 85.0 Å². The number of para-hydroxylation sites is 1. The summed E-state index contributed by atoms with van der Waals surface area (Å²) in [7, 11) is 0. The quantitative estimate of drug-likeness (QED) is 0.752. The van der Waals surface area contributed by atoms with Gasteiger partial charge in [0.1, 0.15) is 0 Å². The van der Waals surface area contributed by atoms with Crippen LogP contribution in [-0.2, 0) is 0 Å². The third-order valence-corrected chi connectivity index (χ3v) is 2.86. The van der Waals surface area contributed by atoms with Gasteiger partial charge in [0, 0.05) is 5.69 Å². The Bertz CT molecular complexity index is 273. The monoisotopic (exact) mass is 191 g/mol. The molecule has 0 radical (unpaired) electrons. The zero-order valence-corrected chi connectivity index (χ0v) is 8.32. The molecule has 1 aliphatic rings. The van der Waals surface area contributed by atoms with Crippen LogP contribution in [0.3, 0.4) is 0 Å². The number of aliphatic hydroxyl groups excluding tert-OH is 1. The summed E-state index contributed by atoms with van der Waals surface area (Å²) < 4.78 is 0. The van der Waals surface area contributed by atoms with Gasteiger partial charge in [0.25, 0.3) is 0 Å². The second-order valence-electron chi connectivity index (χ2n) is 3.97. The molecule has 0 unspecified atom stereocenters. The molecule has 1 aliphatic carbocycles. The second-order valence-corrected chi connectivity index (χ2v) is 3.97. The fourth-order valence-corrected chi connectivity index (χ4v) is 2.03. The second kappa shape index (κ2) is 4.47. The summed E-state index contributed by atoms with van der Waals surface area (Å²) in [6.45, 7) is 0. The predicted octanol–water partition coefficient (Wildman–Crippen LogP) is 2.40. The Morgan fingerprint density at radius 3 is 2.50 bits per heavy atom. The molecule has 0 bridgehead atoms. The average Bonchev–Trinajstić information content (AvgIpc) is 2.23. The highest BCUT2D eigenvalue weighted by Gasteiger charge is 2.22. The lowest BCUT2D eigenvalue weighted by Crippen LogP contribution is -2.36. The number of aliphatic hydroxyl groups is 1. The minimum absolute atomic E-state index is 0.177. The molecule has 1 aromatic carbocycles. The van der Waals surface area contributed by atoms with Crippen molar-refractivity contribution in [3.05, 3.63) is 30.3 Å². The minimum Gasteiger partial charge on any atom is -0.391 e. The van der Waals surface area contributed by atoms with E-state index in [0.717, 1.165) is 24.9 Å². The molecule has 0 heterocycles. The van der Waals surface area contributed by atoms with Gasteiger partial charge < -0.3 is 10.4 Å². The molecule has 2 heteroatoms. The first-order valence-corrected chi connectivity index (χ1v) is 5.36. The molecule has 0 amide bonds. The highest BCUT2D eigenvalue weighted by Crippen LogP contribution is 2.21. The van der Waals surface area contributed by atoms with Crippen LogP contribution in [0, 0.1) is 0 Å². The van der Waals surface area contributed by atoms with Crippen LogP contribution in [0.4, 0.5) is 5.69 Å². The summed E-state index contributed by atoms with van der Waals surface area (Å²) in [4.78, 5) is 0. The molecule has 14 heavy (non-hydrogen) atoms. The lowest BCUT2D eigenvalue weighted by Gasteiger charge is -2.29. The SMILES string of the molecule is O[C@@H]1CCCC[C@@H]1Nc1ccccc1. The van der Waals surface area contributed by atoms with E-state index >= 15 is 0 Å². The average molecular weight is 191 g/mol. The number of hydrogen-bond donors (Lipinski definition) is 2. The fraction of sp³-hybridized carbons (Fsp3) is 0.500. The van der Waals surface area contributed by atoms with Crippen LogP contribution in [0.2, 0.25) is 0 Å². The van der Waals surface area contributed by atoms with Gasteiger partial charge in [-0.15, -0.1) is 0 Å². The number of benzene rings is 1.